The zero-order valence-corrected chi connectivity index (χ0v) is 23.4. The van der Waals surface area contributed by atoms with E-state index in [1.54, 1.807) is 6.92 Å². The first-order valence-corrected chi connectivity index (χ1v) is 13.7. The smallest absolute Gasteiger partial charge is 0.404 e. The standard InChI is InChI=1S/3C8H16O2.C3H7NO2/c3*1-2-3-4-5-6-7-8(9)10;1-2-6-3(4)5/h3*2-7H2,1H3,(H,9,10);2H2,1H3,(H2,4,5). The molecule has 0 bridgehead atoms. The molecule has 0 saturated carbocycles. The molecule has 216 valence electrons. The molecule has 0 heterocycles. The fourth-order valence-corrected chi connectivity index (χ4v) is 2.78. The van der Waals surface area contributed by atoms with Crippen molar-refractivity contribution in [1.82, 2.24) is 0 Å². The van der Waals surface area contributed by atoms with Gasteiger partial charge in [0.15, 0.2) is 0 Å². The molecule has 9 heteroatoms. The average molecular weight is 522 g/mol. The van der Waals surface area contributed by atoms with Gasteiger partial charge in [-0.25, -0.2) is 4.79 Å². The molecule has 0 aliphatic carbocycles. The van der Waals surface area contributed by atoms with Crippen molar-refractivity contribution >= 4 is 24.0 Å². The van der Waals surface area contributed by atoms with Gasteiger partial charge in [0.1, 0.15) is 0 Å². The van der Waals surface area contributed by atoms with Crippen LogP contribution < -0.4 is 5.73 Å². The van der Waals surface area contributed by atoms with Crippen LogP contribution in [0, 0.1) is 0 Å². The van der Waals surface area contributed by atoms with Gasteiger partial charge in [0.25, 0.3) is 0 Å². The fraction of sp³-hybridized carbons (Fsp3) is 0.852. The lowest BCUT2D eigenvalue weighted by Crippen LogP contribution is -2.11. The van der Waals surface area contributed by atoms with Gasteiger partial charge in [0.2, 0.25) is 0 Å². The van der Waals surface area contributed by atoms with Crippen LogP contribution in [0.25, 0.3) is 0 Å². The Bertz CT molecular complexity index is 441. The van der Waals surface area contributed by atoms with Crippen molar-refractivity contribution in [2.75, 3.05) is 6.61 Å². The van der Waals surface area contributed by atoms with Gasteiger partial charge in [0, 0.05) is 19.3 Å². The van der Waals surface area contributed by atoms with Crippen molar-refractivity contribution in [2.24, 2.45) is 5.73 Å². The van der Waals surface area contributed by atoms with Crippen molar-refractivity contribution in [2.45, 2.75) is 143 Å². The first kappa shape index (κ1) is 40.8. The van der Waals surface area contributed by atoms with Crippen molar-refractivity contribution in [3.63, 3.8) is 0 Å². The number of nitrogens with two attached hydrogens (primary N) is 1. The summed E-state index contributed by atoms with van der Waals surface area (Å²) in [5, 5.41) is 24.8. The molecular weight excluding hydrogens is 466 g/mol. The molecule has 0 aliphatic heterocycles. The summed E-state index contributed by atoms with van der Waals surface area (Å²) in [6.07, 6.45) is 16.9. The summed E-state index contributed by atoms with van der Waals surface area (Å²) in [4.78, 5) is 39.7. The van der Waals surface area contributed by atoms with Crippen LogP contribution in [-0.4, -0.2) is 45.9 Å². The predicted molar refractivity (Wildman–Crippen MR) is 144 cm³/mol. The molecule has 0 spiro atoms. The van der Waals surface area contributed by atoms with E-state index in [0.29, 0.717) is 25.9 Å². The molecule has 5 N–H and O–H groups in total. The number of rotatable bonds is 19. The number of carboxylic acids is 3. The monoisotopic (exact) mass is 521 g/mol. The Morgan fingerprint density at radius 1 is 0.500 bits per heavy atom. The Labute approximate surface area is 219 Å². The van der Waals surface area contributed by atoms with Crippen LogP contribution in [0.1, 0.15) is 143 Å². The summed E-state index contributed by atoms with van der Waals surface area (Å²) in [6, 6.07) is 0. The summed E-state index contributed by atoms with van der Waals surface area (Å²) in [5.74, 6) is -2.01. The van der Waals surface area contributed by atoms with E-state index in [2.05, 4.69) is 31.2 Å². The molecule has 0 radical (unpaired) electrons. The molecule has 0 aromatic carbocycles. The normalized spacial score (nSPS) is 9.33. The lowest BCUT2D eigenvalue weighted by atomic mass is 10.1. The van der Waals surface area contributed by atoms with E-state index < -0.39 is 24.0 Å². The average Bonchev–Trinajstić information content (AvgIpc) is 2.79. The summed E-state index contributed by atoms with van der Waals surface area (Å²) >= 11 is 0. The molecule has 36 heavy (non-hydrogen) atoms. The minimum absolute atomic E-state index is 0.337. The summed E-state index contributed by atoms with van der Waals surface area (Å²) in [5.41, 5.74) is 4.54. The number of carbonyl (C=O) groups is 4. The second-order valence-electron chi connectivity index (χ2n) is 8.43. The number of carboxylic acid groups (broad SMARTS) is 3. The van der Waals surface area contributed by atoms with Crippen LogP contribution in [0.5, 0.6) is 0 Å². The zero-order valence-electron chi connectivity index (χ0n) is 23.4. The highest BCUT2D eigenvalue weighted by molar-refractivity contribution is 5.67. The third-order valence-corrected chi connectivity index (χ3v) is 4.77. The van der Waals surface area contributed by atoms with E-state index in [1.807, 2.05) is 0 Å². The third kappa shape index (κ3) is 63.4. The molecule has 0 atom stereocenters. The highest BCUT2D eigenvalue weighted by Crippen LogP contribution is 2.05. The van der Waals surface area contributed by atoms with Gasteiger partial charge in [0.05, 0.1) is 6.61 Å². The van der Waals surface area contributed by atoms with E-state index in [9.17, 15) is 19.2 Å². The van der Waals surface area contributed by atoms with Crippen LogP contribution >= 0.6 is 0 Å². The maximum absolute atomic E-state index is 10.0. The molecule has 0 aromatic heterocycles. The Morgan fingerprint density at radius 2 is 0.750 bits per heavy atom. The van der Waals surface area contributed by atoms with Crippen molar-refractivity contribution in [3.05, 3.63) is 0 Å². The van der Waals surface area contributed by atoms with Gasteiger partial charge in [-0.3, -0.25) is 14.4 Å². The lowest BCUT2D eigenvalue weighted by molar-refractivity contribution is -0.138. The van der Waals surface area contributed by atoms with Gasteiger partial charge < -0.3 is 25.8 Å². The van der Waals surface area contributed by atoms with E-state index in [1.165, 1.54) is 57.8 Å². The van der Waals surface area contributed by atoms with Gasteiger partial charge >= 0.3 is 24.0 Å². The number of carbonyl (C=O) groups excluding carboxylic acids is 1. The maximum Gasteiger partial charge on any atom is 0.404 e. The minimum Gasteiger partial charge on any atom is -0.481 e. The molecule has 0 unspecified atom stereocenters. The van der Waals surface area contributed by atoms with Crippen molar-refractivity contribution < 1.29 is 39.2 Å². The van der Waals surface area contributed by atoms with Crippen LogP contribution in [0.2, 0.25) is 0 Å². The Morgan fingerprint density at radius 3 is 0.889 bits per heavy atom. The molecule has 1 amide bonds. The number of ether oxygens (including phenoxy) is 1. The maximum atomic E-state index is 10.0. The van der Waals surface area contributed by atoms with Gasteiger partial charge in [-0.2, -0.15) is 0 Å². The van der Waals surface area contributed by atoms with E-state index in [0.717, 1.165) is 38.5 Å². The Hall–Kier alpha value is -2.32. The molecule has 0 rings (SSSR count). The highest BCUT2D eigenvalue weighted by atomic mass is 16.5. The van der Waals surface area contributed by atoms with E-state index >= 15 is 0 Å². The molecule has 0 saturated heterocycles. The third-order valence-electron chi connectivity index (χ3n) is 4.77. The Kier molecular flexibility index (Phi) is 42.2. The second kappa shape index (κ2) is 37.2. The highest BCUT2D eigenvalue weighted by Gasteiger charge is 1.96. The number of aliphatic carboxylic acids is 3. The topological polar surface area (TPSA) is 164 Å². The summed E-state index contributed by atoms with van der Waals surface area (Å²) in [6.45, 7) is 8.51. The SMILES string of the molecule is CCCCCCCC(=O)O.CCCCCCCC(=O)O.CCCCCCCC(=O)O.CCOC(N)=O. The van der Waals surface area contributed by atoms with Crippen LogP contribution in [0.15, 0.2) is 0 Å². The lowest BCUT2D eigenvalue weighted by Gasteiger charge is -1.95. The number of amides is 1. The largest absolute Gasteiger partial charge is 0.481 e. The minimum atomic E-state index is -0.711. The van der Waals surface area contributed by atoms with E-state index in [4.69, 9.17) is 15.3 Å². The molecular formula is C27H55NO8. The van der Waals surface area contributed by atoms with Crippen molar-refractivity contribution in [1.29, 1.82) is 0 Å². The summed E-state index contributed by atoms with van der Waals surface area (Å²) in [7, 11) is 0. The Balaban J connectivity index is -0.000000193. The second-order valence-corrected chi connectivity index (χ2v) is 8.43. The van der Waals surface area contributed by atoms with Crippen molar-refractivity contribution in [3.8, 4) is 0 Å². The molecule has 9 nitrogen and oxygen atoms in total. The van der Waals surface area contributed by atoms with Crippen LogP contribution in [0.3, 0.4) is 0 Å². The summed E-state index contributed by atoms with van der Waals surface area (Å²) < 4.78 is 4.18. The van der Waals surface area contributed by atoms with Crippen LogP contribution in [0.4, 0.5) is 4.79 Å². The van der Waals surface area contributed by atoms with Crippen LogP contribution in [-0.2, 0) is 19.1 Å². The molecule has 0 aromatic rings. The van der Waals surface area contributed by atoms with E-state index in [-0.39, 0.29) is 0 Å². The zero-order chi connectivity index (χ0) is 28.5. The van der Waals surface area contributed by atoms with Gasteiger partial charge in [-0.05, 0) is 26.2 Å². The first-order valence-electron chi connectivity index (χ1n) is 13.7. The number of hydrogen-bond donors (Lipinski definition) is 4. The predicted octanol–water partition coefficient (Wildman–Crippen LogP) is 7.40. The number of primary amides is 1. The molecule has 0 aliphatic rings. The van der Waals surface area contributed by atoms with Gasteiger partial charge in [-0.1, -0.05) is 97.8 Å². The number of hydrogen-bond acceptors (Lipinski definition) is 5. The first-order chi connectivity index (χ1) is 17.1. The number of unbranched alkanes of at least 4 members (excludes halogenated alkanes) is 12. The van der Waals surface area contributed by atoms with Gasteiger partial charge in [-0.15, -0.1) is 0 Å². The quantitative estimate of drug-likeness (QED) is 0.128. The fourth-order valence-electron chi connectivity index (χ4n) is 2.78. The molecule has 0 fully saturated rings.